The molecule has 0 amide bonds. The zero-order valence-electron chi connectivity index (χ0n) is 10.4. The van der Waals surface area contributed by atoms with E-state index >= 15 is 0 Å². The van der Waals surface area contributed by atoms with Gasteiger partial charge in [-0.1, -0.05) is 6.08 Å². The van der Waals surface area contributed by atoms with Gasteiger partial charge in [0.05, 0.1) is 4.90 Å². The van der Waals surface area contributed by atoms with Crippen molar-refractivity contribution in [1.29, 1.82) is 0 Å². The summed E-state index contributed by atoms with van der Waals surface area (Å²) in [6.45, 7) is 9.03. The Morgan fingerprint density at radius 3 is 2.47 bits per heavy atom. The summed E-state index contributed by atoms with van der Waals surface area (Å²) in [7, 11) is -3.53. The van der Waals surface area contributed by atoms with E-state index < -0.39 is 10.0 Å². The summed E-state index contributed by atoms with van der Waals surface area (Å²) in [4.78, 5) is 0.275. The normalized spacial score (nSPS) is 11.5. The number of hydrogen-bond acceptors (Lipinski definition) is 3. The van der Waals surface area contributed by atoms with Gasteiger partial charge in [0.2, 0.25) is 10.0 Å². The summed E-state index contributed by atoms with van der Waals surface area (Å²) in [5.74, 6) is 0. The van der Waals surface area contributed by atoms with Crippen molar-refractivity contribution in [1.82, 2.24) is 4.72 Å². The van der Waals surface area contributed by atoms with Gasteiger partial charge in [-0.15, -0.1) is 6.58 Å². The number of nitrogens with two attached hydrogens (primary N) is 1. The average Bonchev–Trinajstić information content (AvgIpc) is 2.24. The largest absolute Gasteiger partial charge is 0.398 e. The fraction of sp³-hybridized carbons (Fsp3) is 0.333. The van der Waals surface area contributed by atoms with E-state index in [1.807, 2.05) is 6.92 Å². The highest BCUT2D eigenvalue weighted by atomic mass is 32.2. The Morgan fingerprint density at radius 2 is 1.94 bits per heavy atom. The third kappa shape index (κ3) is 2.68. The van der Waals surface area contributed by atoms with E-state index in [4.69, 9.17) is 5.73 Å². The van der Waals surface area contributed by atoms with Gasteiger partial charge in [0, 0.05) is 12.2 Å². The van der Waals surface area contributed by atoms with Gasteiger partial charge in [-0.25, -0.2) is 13.1 Å². The van der Waals surface area contributed by atoms with Crippen molar-refractivity contribution in [2.45, 2.75) is 25.7 Å². The van der Waals surface area contributed by atoms with Crippen molar-refractivity contribution < 1.29 is 8.42 Å². The lowest BCUT2D eigenvalue weighted by Crippen LogP contribution is -2.25. The van der Waals surface area contributed by atoms with Gasteiger partial charge in [0.25, 0.3) is 0 Å². The van der Waals surface area contributed by atoms with Crippen LogP contribution in [-0.2, 0) is 10.0 Å². The molecule has 94 valence electrons. The second-order valence-electron chi connectivity index (χ2n) is 4.00. The molecule has 0 unspecified atom stereocenters. The number of nitrogen functional groups attached to an aromatic ring is 1. The third-order valence-corrected chi connectivity index (χ3v) is 4.46. The smallest absolute Gasteiger partial charge is 0.241 e. The topological polar surface area (TPSA) is 72.2 Å². The van der Waals surface area contributed by atoms with E-state index in [-0.39, 0.29) is 11.4 Å². The highest BCUT2D eigenvalue weighted by molar-refractivity contribution is 7.89. The average molecular weight is 254 g/mol. The van der Waals surface area contributed by atoms with E-state index in [1.165, 1.54) is 6.08 Å². The Kier molecular flexibility index (Phi) is 3.95. The van der Waals surface area contributed by atoms with Crippen molar-refractivity contribution in [3.8, 4) is 0 Å². The van der Waals surface area contributed by atoms with Gasteiger partial charge in [0.1, 0.15) is 0 Å². The number of anilines is 1. The quantitative estimate of drug-likeness (QED) is 0.634. The molecule has 0 aliphatic heterocycles. The van der Waals surface area contributed by atoms with E-state index in [1.54, 1.807) is 19.9 Å². The first-order valence-corrected chi connectivity index (χ1v) is 6.76. The van der Waals surface area contributed by atoms with Crippen molar-refractivity contribution in [3.05, 3.63) is 35.4 Å². The lowest BCUT2D eigenvalue weighted by molar-refractivity contribution is 0.584. The summed E-state index contributed by atoms with van der Waals surface area (Å²) in [6, 6.07) is 1.79. The van der Waals surface area contributed by atoms with Crippen LogP contribution in [0.25, 0.3) is 0 Å². The van der Waals surface area contributed by atoms with E-state index in [0.29, 0.717) is 11.3 Å². The summed E-state index contributed by atoms with van der Waals surface area (Å²) in [5, 5.41) is 0. The molecular formula is C12H18N2O2S. The molecule has 1 rings (SSSR count). The van der Waals surface area contributed by atoms with Crippen LogP contribution in [0.4, 0.5) is 5.69 Å². The fourth-order valence-corrected chi connectivity index (χ4v) is 3.25. The number of rotatable bonds is 4. The van der Waals surface area contributed by atoms with Crippen molar-refractivity contribution in [3.63, 3.8) is 0 Å². The molecule has 1 aromatic rings. The zero-order chi connectivity index (χ0) is 13.2. The first kappa shape index (κ1) is 13.7. The molecule has 0 bridgehead atoms. The minimum absolute atomic E-state index is 0.203. The van der Waals surface area contributed by atoms with Crippen LogP contribution in [0.5, 0.6) is 0 Å². The first-order chi connectivity index (χ1) is 7.81. The predicted octanol–water partition coefficient (Wildman–Crippen LogP) is 1.66. The van der Waals surface area contributed by atoms with Crippen LogP contribution in [0.15, 0.2) is 23.6 Å². The lowest BCUT2D eigenvalue weighted by atomic mass is 10.1. The fourth-order valence-electron chi connectivity index (χ4n) is 1.69. The molecule has 0 radical (unpaired) electrons. The molecule has 5 heteroatoms. The first-order valence-electron chi connectivity index (χ1n) is 5.28. The maximum absolute atomic E-state index is 12.1. The molecule has 0 atom stereocenters. The standard InChI is InChI=1S/C12H18N2O2S/c1-5-6-14-17(15,16)12-9(3)8(2)7-11(13)10(12)4/h5,7,14H,1,6,13H2,2-4H3. The maximum Gasteiger partial charge on any atom is 0.241 e. The Bertz CT molecular complexity index is 522. The number of nitrogens with one attached hydrogen (secondary N) is 1. The molecule has 4 nitrogen and oxygen atoms in total. The van der Waals surface area contributed by atoms with Gasteiger partial charge in [-0.3, -0.25) is 0 Å². The maximum atomic E-state index is 12.1. The van der Waals surface area contributed by atoms with E-state index in [2.05, 4.69) is 11.3 Å². The highest BCUT2D eigenvalue weighted by Crippen LogP contribution is 2.27. The number of aryl methyl sites for hydroxylation is 1. The summed E-state index contributed by atoms with van der Waals surface area (Å²) in [5.41, 5.74) is 8.48. The van der Waals surface area contributed by atoms with Crippen LogP contribution in [0, 0.1) is 20.8 Å². The minimum Gasteiger partial charge on any atom is -0.398 e. The van der Waals surface area contributed by atoms with Gasteiger partial charge >= 0.3 is 0 Å². The van der Waals surface area contributed by atoms with Gasteiger partial charge in [-0.2, -0.15) is 0 Å². The SMILES string of the molecule is C=CCNS(=O)(=O)c1c(C)c(C)cc(N)c1C. The number of hydrogen-bond donors (Lipinski definition) is 2. The number of sulfonamides is 1. The Balaban J connectivity index is 3.45. The summed E-state index contributed by atoms with van der Waals surface area (Å²) in [6.07, 6.45) is 1.50. The molecule has 0 aromatic heterocycles. The molecule has 0 fully saturated rings. The van der Waals surface area contributed by atoms with Crippen LogP contribution in [0.1, 0.15) is 16.7 Å². The molecule has 0 spiro atoms. The van der Waals surface area contributed by atoms with Crippen molar-refractivity contribution in [2.75, 3.05) is 12.3 Å². The Morgan fingerprint density at radius 1 is 1.35 bits per heavy atom. The predicted molar refractivity (Wildman–Crippen MR) is 70.5 cm³/mol. The monoisotopic (exact) mass is 254 g/mol. The van der Waals surface area contributed by atoms with Crippen LogP contribution in [-0.4, -0.2) is 15.0 Å². The molecule has 17 heavy (non-hydrogen) atoms. The lowest BCUT2D eigenvalue weighted by Gasteiger charge is -2.15. The van der Waals surface area contributed by atoms with E-state index in [0.717, 1.165) is 11.1 Å². The van der Waals surface area contributed by atoms with Crippen molar-refractivity contribution in [2.24, 2.45) is 0 Å². The molecule has 0 saturated carbocycles. The van der Waals surface area contributed by atoms with Crippen LogP contribution >= 0.6 is 0 Å². The minimum atomic E-state index is -3.53. The second kappa shape index (κ2) is 4.89. The van der Waals surface area contributed by atoms with Crippen LogP contribution in [0.3, 0.4) is 0 Å². The van der Waals surface area contributed by atoms with E-state index in [9.17, 15) is 8.42 Å². The molecule has 1 aromatic carbocycles. The Hall–Kier alpha value is -1.33. The molecule has 0 aliphatic rings. The molecular weight excluding hydrogens is 236 g/mol. The summed E-state index contributed by atoms with van der Waals surface area (Å²) < 4.78 is 26.7. The third-order valence-electron chi connectivity index (χ3n) is 2.76. The molecule has 0 aliphatic carbocycles. The Labute approximate surface area is 103 Å². The van der Waals surface area contributed by atoms with Crippen LogP contribution in [0.2, 0.25) is 0 Å². The highest BCUT2D eigenvalue weighted by Gasteiger charge is 2.21. The summed E-state index contributed by atoms with van der Waals surface area (Å²) >= 11 is 0. The number of benzene rings is 1. The second-order valence-corrected chi connectivity index (χ2v) is 5.71. The van der Waals surface area contributed by atoms with Gasteiger partial charge < -0.3 is 5.73 Å². The molecule has 0 saturated heterocycles. The van der Waals surface area contributed by atoms with Gasteiger partial charge in [0.15, 0.2) is 0 Å². The van der Waals surface area contributed by atoms with Crippen molar-refractivity contribution >= 4 is 15.7 Å². The molecule has 3 N–H and O–H groups in total. The van der Waals surface area contributed by atoms with Gasteiger partial charge in [-0.05, 0) is 43.5 Å². The van der Waals surface area contributed by atoms with Crippen LogP contribution < -0.4 is 10.5 Å². The zero-order valence-corrected chi connectivity index (χ0v) is 11.2. The molecule has 0 heterocycles.